The molecule has 1 aliphatic heterocycles. The Morgan fingerprint density at radius 3 is 2.76 bits per heavy atom. The summed E-state index contributed by atoms with van der Waals surface area (Å²) in [6, 6.07) is 9.11. The minimum Gasteiger partial charge on any atom is -1.00 e. The van der Waals surface area contributed by atoms with E-state index in [-0.39, 0.29) is 48.0 Å². The minimum absolute atomic E-state index is 0. The molecule has 1 fully saturated rings. The van der Waals surface area contributed by atoms with Crippen LogP contribution in [0.3, 0.4) is 0 Å². The summed E-state index contributed by atoms with van der Waals surface area (Å²) in [6.45, 7) is 2.20. The number of thiophene rings is 1. The van der Waals surface area contributed by atoms with Gasteiger partial charge in [-0.1, -0.05) is 12.1 Å². The van der Waals surface area contributed by atoms with E-state index in [4.69, 9.17) is 4.74 Å². The molecule has 0 saturated carbocycles. The number of morpholine rings is 1. The van der Waals surface area contributed by atoms with Crippen LogP contribution in [0.15, 0.2) is 35.4 Å². The summed E-state index contributed by atoms with van der Waals surface area (Å²) in [4.78, 5) is 30.9. The maximum Gasteiger partial charge on any atom is 1.00 e. The van der Waals surface area contributed by atoms with Gasteiger partial charge < -0.3 is 16.2 Å². The van der Waals surface area contributed by atoms with Crippen LogP contribution in [0.4, 0.5) is 5.00 Å². The van der Waals surface area contributed by atoms with E-state index < -0.39 is 5.97 Å². The standard InChI is InChI=1S/C19H16N4O4S.Na.H/c20-9-13-14(10-23-11-21-15-4-2-1-3-12(15)17(23)24)16(19(25)26)28-18(13)22-5-7-27-8-6-22;;/h1-4,11H,5-8,10H2,(H,25,26);;/q;+1;-1. The molecule has 0 radical (unpaired) electrons. The van der Waals surface area contributed by atoms with E-state index in [1.54, 1.807) is 24.3 Å². The van der Waals surface area contributed by atoms with Gasteiger partial charge in [-0.3, -0.25) is 9.36 Å². The van der Waals surface area contributed by atoms with Gasteiger partial charge >= 0.3 is 35.5 Å². The first kappa shape index (κ1) is 21.5. The number of para-hydroxylation sites is 1. The maximum atomic E-state index is 12.8. The molecule has 1 aromatic carbocycles. The zero-order valence-corrected chi connectivity index (χ0v) is 18.6. The van der Waals surface area contributed by atoms with Crippen molar-refractivity contribution in [2.24, 2.45) is 0 Å². The number of anilines is 1. The molecule has 0 unspecified atom stereocenters. The van der Waals surface area contributed by atoms with Crippen molar-refractivity contribution in [2.75, 3.05) is 31.2 Å². The Kier molecular flexibility index (Phi) is 6.72. The number of aromatic carboxylic acids is 1. The van der Waals surface area contributed by atoms with Crippen molar-refractivity contribution < 1.29 is 45.6 Å². The molecule has 4 rings (SSSR count). The zero-order chi connectivity index (χ0) is 19.7. The fourth-order valence-electron chi connectivity index (χ4n) is 3.27. The van der Waals surface area contributed by atoms with Gasteiger partial charge in [0.05, 0.1) is 42.6 Å². The van der Waals surface area contributed by atoms with Crippen molar-refractivity contribution in [1.82, 2.24) is 9.55 Å². The van der Waals surface area contributed by atoms with Crippen LogP contribution in [0, 0.1) is 11.3 Å². The summed E-state index contributed by atoms with van der Waals surface area (Å²) in [5, 5.41) is 20.5. The summed E-state index contributed by atoms with van der Waals surface area (Å²) in [6.07, 6.45) is 1.39. The molecule has 144 valence electrons. The Hall–Kier alpha value is -2.22. The molecule has 1 aliphatic rings. The van der Waals surface area contributed by atoms with E-state index in [0.29, 0.717) is 53.3 Å². The van der Waals surface area contributed by atoms with Crippen molar-refractivity contribution in [3.8, 4) is 6.07 Å². The van der Waals surface area contributed by atoms with Crippen LogP contribution >= 0.6 is 11.3 Å². The number of rotatable bonds is 4. The van der Waals surface area contributed by atoms with Crippen LogP contribution in [0.5, 0.6) is 0 Å². The number of carboxylic acid groups (broad SMARTS) is 1. The molecule has 0 spiro atoms. The summed E-state index contributed by atoms with van der Waals surface area (Å²) in [5.41, 5.74) is 0.928. The number of benzene rings is 1. The largest absolute Gasteiger partial charge is 1.00 e. The Morgan fingerprint density at radius 2 is 2.07 bits per heavy atom. The first-order valence-corrected chi connectivity index (χ1v) is 9.47. The molecule has 2 aromatic heterocycles. The Bertz CT molecular complexity index is 1170. The number of hydrogen-bond acceptors (Lipinski definition) is 7. The maximum absolute atomic E-state index is 12.8. The van der Waals surface area contributed by atoms with Gasteiger partial charge in [0, 0.05) is 18.7 Å². The second-order valence-corrected chi connectivity index (χ2v) is 7.30. The van der Waals surface area contributed by atoms with E-state index >= 15 is 0 Å². The molecule has 3 heterocycles. The zero-order valence-electron chi connectivity index (χ0n) is 16.8. The molecule has 29 heavy (non-hydrogen) atoms. The first-order chi connectivity index (χ1) is 13.6. The van der Waals surface area contributed by atoms with Crippen molar-refractivity contribution in [3.05, 3.63) is 57.0 Å². The fourth-order valence-corrected chi connectivity index (χ4v) is 4.42. The first-order valence-electron chi connectivity index (χ1n) is 8.66. The fraction of sp³-hybridized carbons (Fsp3) is 0.263. The topological polar surface area (TPSA) is 108 Å². The van der Waals surface area contributed by atoms with Gasteiger partial charge in [0.2, 0.25) is 0 Å². The molecular weight excluding hydrogens is 403 g/mol. The molecule has 0 atom stereocenters. The summed E-state index contributed by atoms with van der Waals surface area (Å²) < 4.78 is 6.69. The summed E-state index contributed by atoms with van der Waals surface area (Å²) in [7, 11) is 0. The number of fused-ring (bicyclic) bond motifs is 1. The van der Waals surface area contributed by atoms with E-state index in [1.165, 1.54) is 10.9 Å². The number of ether oxygens (including phenoxy) is 1. The van der Waals surface area contributed by atoms with Crippen molar-refractivity contribution in [1.29, 1.82) is 5.26 Å². The predicted molar refractivity (Wildman–Crippen MR) is 105 cm³/mol. The van der Waals surface area contributed by atoms with E-state index in [1.807, 2.05) is 4.90 Å². The second-order valence-electron chi connectivity index (χ2n) is 6.30. The number of nitrogens with zero attached hydrogens (tertiary/aromatic N) is 4. The molecule has 8 nitrogen and oxygen atoms in total. The average molecular weight is 420 g/mol. The van der Waals surface area contributed by atoms with Gasteiger partial charge in [-0.25, -0.2) is 9.78 Å². The number of carboxylic acids is 1. The summed E-state index contributed by atoms with van der Waals surface area (Å²) in [5.74, 6) is -1.11. The van der Waals surface area contributed by atoms with Crippen LogP contribution < -0.4 is 40.0 Å². The number of aromatic nitrogens is 2. The third-order valence-electron chi connectivity index (χ3n) is 4.65. The second kappa shape index (κ2) is 9.07. The quantitative estimate of drug-likeness (QED) is 0.541. The minimum atomic E-state index is -1.11. The van der Waals surface area contributed by atoms with Gasteiger partial charge in [0.1, 0.15) is 15.9 Å². The Balaban J connectivity index is 0.00000160. The smallest absolute Gasteiger partial charge is 1.00 e. The molecule has 0 bridgehead atoms. The van der Waals surface area contributed by atoms with Crippen molar-refractivity contribution >= 4 is 33.2 Å². The van der Waals surface area contributed by atoms with Crippen molar-refractivity contribution in [2.45, 2.75) is 6.54 Å². The average Bonchev–Trinajstić information content (AvgIpc) is 3.09. The number of carbonyl (C=O) groups is 1. The summed E-state index contributed by atoms with van der Waals surface area (Å²) >= 11 is 1.07. The molecular formula is C19H17N4NaO4S. The molecule has 1 saturated heterocycles. The van der Waals surface area contributed by atoms with E-state index in [9.17, 15) is 20.0 Å². The SMILES string of the molecule is N#Cc1c(N2CCOCC2)sc(C(=O)O)c1Cn1cnc2ccccc2c1=O.[H-].[Na+]. The normalized spacial score (nSPS) is 13.7. The predicted octanol–water partition coefficient (Wildman–Crippen LogP) is -0.971. The third-order valence-corrected chi connectivity index (χ3v) is 5.93. The van der Waals surface area contributed by atoms with Gasteiger partial charge in [0.15, 0.2) is 0 Å². The van der Waals surface area contributed by atoms with Gasteiger partial charge in [-0.05, 0) is 12.1 Å². The number of hydrogen-bond donors (Lipinski definition) is 1. The van der Waals surface area contributed by atoms with Gasteiger partial charge in [-0.15, -0.1) is 11.3 Å². The van der Waals surface area contributed by atoms with Crippen LogP contribution in [0.25, 0.3) is 10.9 Å². The van der Waals surface area contributed by atoms with Crippen LogP contribution in [0.2, 0.25) is 0 Å². The van der Waals surface area contributed by atoms with Crippen molar-refractivity contribution in [3.63, 3.8) is 0 Å². The monoisotopic (exact) mass is 420 g/mol. The molecule has 1 N–H and O–H groups in total. The van der Waals surface area contributed by atoms with E-state index in [2.05, 4.69) is 11.1 Å². The van der Waals surface area contributed by atoms with Gasteiger partial charge in [0.25, 0.3) is 5.56 Å². The molecule has 0 aliphatic carbocycles. The molecule has 0 amide bonds. The number of nitriles is 1. The molecule has 10 heteroatoms. The molecule has 3 aromatic rings. The third kappa shape index (κ3) is 4.08. The van der Waals surface area contributed by atoms with E-state index in [0.717, 1.165) is 11.3 Å². The Morgan fingerprint density at radius 1 is 1.34 bits per heavy atom. The van der Waals surface area contributed by atoms with Crippen LogP contribution in [0.1, 0.15) is 22.2 Å². The van der Waals surface area contributed by atoms with Crippen LogP contribution in [-0.2, 0) is 11.3 Å². The Labute approximate surface area is 193 Å². The van der Waals surface area contributed by atoms with Crippen LogP contribution in [-0.4, -0.2) is 46.9 Å². The van der Waals surface area contributed by atoms with Gasteiger partial charge in [-0.2, -0.15) is 5.26 Å².